The first-order valence-electron chi connectivity index (χ1n) is 20.9. The predicted octanol–water partition coefficient (Wildman–Crippen LogP) is 10.9. The van der Waals surface area contributed by atoms with Crippen LogP contribution in [0.1, 0.15) is 112 Å². The molecule has 2 heterocycles. The number of benzene rings is 7. The van der Waals surface area contributed by atoms with Crippen LogP contribution < -0.4 is 19.3 Å². The molecule has 326 valence electrons. The van der Waals surface area contributed by atoms with Crippen LogP contribution in [0.3, 0.4) is 0 Å². The first kappa shape index (κ1) is 42.7. The van der Waals surface area contributed by atoms with Crippen LogP contribution in [0.25, 0.3) is 0 Å². The Hall–Kier alpha value is -8.64. The van der Waals surface area contributed by atoms with Crippen LogP contribution in [0.2, 0.25) is 0 Å². The van der Waals surface area contributed by atoms with E-state index in [1.54, 1.807) is 48.5 Å². The van der Waals surface area contributed by atoms with Gasteiger partial charge in [0.15, 0.2) is 0 Å². The minimum Gasteiger partial charge on any atom is -0.478 e. The zero-order valence-electron chi connectivity index (χ0n) is 36.1. The molecule has 4 amide bonds. The fourth-order valence-corrected chi connectivity index (χ4v) is 8.33. The van der Waals surface area contributed by atoms with Crippen molar-refractivity contribution in [2.45, 2.75) is 38.5 Å². The molecule has 0 saturated heterocycles. The van der Waals surface area contributed by atoms with Crippen LogP contribution in [0.5, 0.6) is 23.0 Å². The lowest BCUT2D eigenvalue weighted by molar-refractivity contribution is 0.0686. The average molecular weight is 877 g/mol. The van der Waals surface area contributed by atoms with E-state index in [4.69, 9.17) is 9.47 Å². The van der Waals surface area contributed by atoms with Crippen molar-refractivity contribution in [3.8, 4) is 23.0 Å². The lowest BCUT2D eigenvalue weighted by Crippen LogP contribution is -2.29. The maximum absolute atomic E-state index is 13.1. The topological polar surface area (TPSA) is 168 Å². The number of carboxylic acids is 2. The van der Waals surface area contributed by atoms with E-state index in [9.17, 15) is 39.0 Å². The van der Waals surface area contributed by atoms with Crippen LogP contribution in [0, 0.1) is 0 Å². The second-order valence-corrected chi connectivity index (χ2v) is 17.1. The first-order chi connectivity index (χ1) is 31.5. The van der Waals surface area contributed by atoms with Crippen molar-refractivity contribution in [2.24, 2.45) is 0 Å². The Morgan fingerprint density at radius 2 is 0.636 bits per heavy atom. The molecule has 7 aromatic rings. The minimum atomic E-state index is -1.18. The van der Waals surface area contributed by atoms with Gasteiger partial charge in [-0.2, -0.15) is 0 Å². The van der Waals surface area contributed by atoms with Gasteiger partial charge in [-0.05, 0) is 131 Å². The molecule has 0 aromatic heterocycles. The Balaban J connectivity index is 0.814. The number of nitrogens with zero attached hydrogens (tertiary/aromatic N) is 2. The summed E-state index contributed by atoms with van der Waals surface area (Å²) in [5, 5.41) is 18.6. The normalized spacial score (nSPS) is 13.5. The van der Waals surface area contributed by atoms with E-state index in [-0.39, 0.29) is 44.2 Å². The number of rotatable bonds is 12. The van der Waals surface area contributed by atoms with Crippen molar-refractivity contribution in [1.29, 1.82) is 0 Å². The summed E-state index contributed by atoms with van der Waals surface area (Å²) in [5.74, 6) is -2.35. The van der Waals surface area contributed by atoms with Crippen LogP contribution in [-0.2, 0) is 10.8 Å². The number of fused-ring (bicyclic) bond motifs is 2. The fourth-order valence-electron chi connectivity index (χ4n) is 8.33. The van der Waals surface area contributed by atoms with Gasteiger partial charge in [-0.3, -0.25) is 19.2 Å². The highest BCUT2D eigenvalue weighted by atomic mass is 16.5. The molecule has 66 heavy (non-hydrogen) atoms. The lowest BCUT2D eigenvalue weighted by atomic mass is 9.74. The molecule has 0 spiro atoms. The van der Waals surface area contributed by atoms with Crippen LogP contribution in [-0.4, -0.2) is 45.8 Å². The molecule has 7 aromatic carbocycles. The number of carbonyl (C=O) groups excluding carboxylic acids is 4. The maximum Gasteiger partial charge on any atom is 0.335 e. The zero-order chi connectivity index (χ0) is 46.7. The predicted molar refractivity (Wildman–Crippen MR) is 246 cm³/mol. The molecule has 2 aliphatic rings. The fraction of sp³-hybridized carbons (Fsp3) is 0.111. The molecule has 12 nitrogen and oxygen atoms in total. The van der Waals surface area contributed by atoms with Gasteiger partial charge in [-0.15, -0.1) is 0 Å². The summed E-state index contributed by atoms with van der Waals surface area (Å²) in [6.45, 7) is 8.66. The van der Waals surface area contributed by atoms with Crippen molar-refractivity contribution >= 4 is 46.9 Å². The Morgan fingerprint density at radius 1 is 0.379 bits per heavy atom. The maximum atomic E-state index is 13.1. The number of imide groups is 2. The zero-order valence-corrected chi connectivity index (χ0v) is 36.1. The Kier molecular flexibility index (Phi) is 10.4. The number of hydrogen-bond acceptors (Lipinski definition) is 8. The van der Waals surface area contributed by atoms with Crippen LogP contribution in [0.15, 0.2) is 158 Å². The molecule has 0 atom stereocenters. The molecular formula is C54H40N2O10. The highest BCUT2D eigenvalue weighted by molar-refractivity contribution is 6.35. The van der Waals surface area contributed by atoms with Crippen molar-refractivity contribution in [1.82, 2.24) is 0 Å². The van der Waals surface area contributed by atoms with E-state index >= 15 is 0 Å². The molecule has 12 heteroatoms. The third kappa shape index (κ3) is 7.53. The van der Waals surface area contributed by atoms with Gasteiger partial charge in [-0.25, -0.2) is 19.4 Å². The second kappa shape index (κ2) is 16.2. The lowest BCUT2D eigenvalue weighted by Gasteiger charge is -2.29. The molecular weight excluding hydrogens is 837 g/mol. The van der Waals surface area contributed by atoms with Crippen LogP contribution in [0.4, 0.5) is 11.4 Å². The van der Waals surface area contributed by atoms with E-state index in [0.717, 1.165) is 32.1 Å². The molecule has 0 saturated carbocycles. The molecule has 0 aliphatic carbocycles. The van der Waals surface area contributed by atoms with Gasteiger partial charge in [-0.1, -0.05) is 76.2 Å². The number of carboxylic acid groups (broad SMARTS) is 2. The van der Waals surface area contributed by atoms with Gasteiger partial charge >= 0.3 is 11.9 Å². The SMILES string of the molecule is CC(C)(c1ccc(Oc2ccc(N3C(=O)c4ccc(C(=O)O)cc4C3=O)cc2)cc1)c1ccc(C(C)(C)c2ccc(Oc3ccc(N4C(=O)c5ccc(C(=O)O)cc5C4=O)cc3)cc2)cc1. The summed E-state index contributed by atoms with van der Waals surface area (Å²) in [4.78, 5) is 77.1. The van der Waals surface area contributed by atoms with Crippen molar-refractivity contribution in [3.05, 3.63) is 213 Å². The Bertz CT molecular complexity index is 2920. The second-order valence-electron chi connectivity index (χ2n) is 17.1. The van der Waals surface area contributed by atoms with Crippen molar-refractivity contribution in [3.63, 3.8) is 0 Å². The number of anilines is 2. The third-order valence-corrected chi connectivity index (χ3v) is 12.4. The summed E-state index contributed by atoms with van der Waals surface area (Å²) in [7, 11) is 0. The third-order valence-electron chi connectivity index (χ3n) is 12.4. The number of hydrogen-bond donors (Lipinski definition) is 2. The van der Waals surface area contributed by atoms with Gasteiger partial charge < -0.3 is 19.7 Å². The largest absolute Gasteiger partial charge is 0.478 e. The Morgan fingerprint density at radius 3 is 0.924 bits per heavy atom. The summed E-state index contributed by atoms with van der Waals surface area (Å²) < 4.78 is 12.2. The van der Waals surface area contributed by atoms with Crippen molar-refractivity contribution in [2.75, 3.05) is 9.80 Å². The molecule has 0 unspecified atom stereocenters. The standard InChI is InChI=1S/C54H40N2O10/c1-53(2,35-11-19-39(20-12-35)65-41-23-15-37(16-24-41)55-47(57)43-27-5-31(51(61)62)29-45(43)49(55)59)33-7-9-34(10-8-33)54(3,4)36-13-21-40(22-14-36)66-42-25-17-38(18-26-42)56-48(58)44-28-6-32(52(63)64)30-46(44)50(56)60/h5-30H,1-4H3,(H,61,62)(H,63,64). The monoisotopic (exact) mass is 876 g/mol. The highest BCUT2D eigenvalue weighted by Gasteiger charge is 2.38. The van der Waals surface area contributed by atoms with Gasteiger partial charge in [0.25, 0.3) is 23.6 Å². The molecule has 0 fully saturated rings. The molecule has 0 bridgehead atoms. The molecule has 9 rings (SSSR count). The molecule has 2 N–H and O–H groups in total. The quantitative estimate of drug-likeness (QED) is 0.113. The van der Waals surface area contributed by atoms with Gasteiger partial charge in [0.2, 0.25) is 0 Å². The summed E-state index contributed by atoms with van der Waals surface area (Å²) >= 11 is 0. The Labute approximate surface area is 378 Å². The van der Waals surface area contributed by atoms with E-state index in [0.29, 0.717) is 34.4 Å². The number of ether oxygens (including phenoxy) is 2. The van der Waals surface area contributed by atoms with E-state index in [2.05, 4.69) is 52.0 Å². The first-order valence-corrected chi connectivity index (χ1v) is 20.9. The average Bonchev–Trinajstić information content (AvgIpc) is 3.72. The van der Waals surface area contributed by atoms with Crippen molar-refractivity contribution < 1.29 is 48.5 Å². The highest BCUT2D eigenvalue weighted by Crippen LogP contribution is 2.39. The van der Waals surface area contributed by atoms with E-state index in [1.807, 2.05) is 48.5 Å². The summed E-state index contributed by atoms with van der Waals surface area (Å²) in [6, 6.07) is 45.2. The van der Waals surface area contributed by atoms with E-state index < -0.39 is 35.6 Å². The van der Waals surface area contributed by atoms with E-state index in [1.165, 1.54) is 36.4 Å². The molecule has 2 aliphatic heterocycles. The summed E-state index contributed by atoms with van der Waals surface area (Å²) in [5.41, 5.74) is 4.70. The smallest absolute Gasteiger partial charge is 0.335 e. The van der Waals surface area contributed by atoms with Gasteiger partial charge in [0.1, 0.15) is 23.0 Å². The minimum absolute atomic E-state index is 0.0524. The number of aromatic carboxylic acids is 2. The van der Waals surface area contributed by atoms with Gasteiger partial charge in [0.05, 0.1) is 44.8 Å². The van der Waals surface area contributed by atoms with Crippen LogP contribution >= 0.6 is 0 Å². The number of amides is 4. The molecule has 0 radical (unpaired) electrons. The summed E-state index contributed by atoms with van der Waals surface area (Å²) in [6.07, 6.45) is 0. The van der Waals surface area contributed by atoms with Gasteiger partial charge in [0, 0.05) is 10.8 Å². The number of carbonyl (C=O) groups is 6.